The lowest BCUT2D eigenvalue weighted by Crippen LogP contribution is -2.38. The first-order chi connectivity index (χ1) is 22.2. The molecule has 0 atom stereocenters. The van der Waals surface area contributed by atoms with Gasteiger partial charge in [0.15, 0.2) is 0 Å². The summed E-state index contributed by atoms with van der Waals surface area (Å²) in [6.45, 7) is 4.32. The highest BCUT2D eigenvalue weighted by Crippen LogP contribution is 1.98. The Bertz CT molecular complexity index is 1200. The summed E-state index contributed by atoms with van der Waals surface area (Å²) in [4.78, 5) is 32.0. The van der Waals surface area contributed by atoms with Gasteiger partial charge in [-0.25, -0.2) is 14.4 Å². The van der Waals surface area contributed by atoms with Crippen molar-refractivity contribution in [3.63, 3.8) is 0 Å². The van der Waals surface area contributed by atoms with Crippen molar-refractivity contribution in [1.29, 1.82) is 0 Å². The Kier molecular flexibility index (Phi) is 30.1. The summed E-state index contributed by atoms with van der Waals surface area (Å²) in [5.41, 5.74) is 1.17. The van der Waals surface area contributed by atoms with Crippen molar-refractivity contribution in [2.45, 2.75) is 13.8 Å². The molecule has 3 rings (SSSR count). The first-order valence-corrected chi connectivity index (χ1v) is 12.8. The number of aromatic nitrogens is 6. The maximum absolute atomic E-state index is 11.0. The summed E-state index contributed by atoms with van der Waals surface area (Å²) in [5.74, 6) is -1.60. The van der Waals surface area contributed by atoms with Gasteiger partial charge in [-0.05, 0) is 58.9 Å². The van der Waals surface area contributed by atoms with E-state index < -0.39 is 18.7 Å². The van der Waals surface area contributed by atoms with Crippen molar-refractivity contribution < 1.29 is 29.0 Å². The molecule has 48 heavy (non-hydrogen) atoms. The highest BCUT2D eigenvalue weighted by molar-refractivity contribution is 7.77. The van der Waals surface area contributed by atoms with E-state index in [1.807, 2.05) is 0 Å². The fourth-order valence-corrected chi connectivity index (χ4v) is 1.85. The number of aromatic amines is 1. The summed E-state index contributed by atoms with van der Waals surface area (Å²) in [6, 6.07) is 0. The fourth-order valence-electron chi connectivity index (χ4n) is 1.85. The molecule has 0 saturated heterocycles. The molecule has 0 aromatic carbocycles. The second-order valence-electron chi connectivity index (χ2n) is 8.04. The minimum Gasteiger partial charge on any atom is -0.478 e. The zero-order chi connectivity index (χ0) is 38.0. The maximum atomic E-state index is 11.0. The van der Waals surface area contributed by atoms with Crippen LogP contribution in [0.4, 0.5) is 0 Å². The highest BCUT2D eigenvalue weighted by Gasteiger charge is 2.07. The van der Waals surface area contributed by atoms with Crippen LogP contribution in [0.5, 0.6) is 0 Å². The summed E-state index contributed by atoms with van der Waals surface area (Å²) in [6.07, 6.45) is 8.48. The molecule has 3 heterocycles. The third kappa shape index (κ3) is 28.2. The molecule has 0 saturated carbocycles. The number of rotatable bonds is 8. The molecule has 12 nitrogen and oxygen atoms in total. The summed E-state index contributed by atoms with van der Waals surface area (Å²) in [5, 5.41) is 22.0. The van der Waals surface area contributed by atoms with Gasteiger partial charge >= 0.3 is 17.9 Å². The number of carboxylic acids is 1. The highest BCUT2D eigenvalue weighted by atomic mass is 16.5. The molecule has 2 N–H and O–H groups in total. The third-order valence-corrected chi connectivity index (χ3v) is 3.84. The Labute approximate surface area is 301 Å². The standard InChI is InChI=1S/C7H10N2O2.C6H8N2O2.C5H6N2O2.B6H6.B6H3.B6/c1-3-11-7(10)6-4-8-9(2)5-6;1-2-10-6(9)5-3-7-8-4-5;1-7-3-4(2-6-7)5(8)9;3*1-5(2)6(3)4/h4-5H,3H2,1-2H3;3-4H,2H2,1H3,(H,7,8);2-3H,1H3,(H,8,9);1-2H3;1H3;/q;;;-2;-1;. The largest absolute Gasteiger partial charge is 0.478 e. The first-order valence-electron chi connectivity index (χ1n) is 12.8. The van der Waals surface area contributed by atoms with Crippen molar-refractivity contribution in [1.82, 2.24) is 29.8 Å². The number of hydrogen-bond acceptors (Lipinski definition) is 8. The minimum atomic E-state index is -0.942. The SMILES string of the molecule is CCOC(=O)c1cn[nH]c1.CCOC(=O)c1cnn(C)c1.Cn1cc(C(=O)O)cn1.[B]B([B])B([BH3-])[BH3-].[B]B([B])B([B])[BH3-].[B]B([B])B([B])[B]. The number of carbonyl (C=O) groups is 3. The average Bonchev–Trinajstić information content (AvgIpc) is 3.78. The van der Waals surface area contributed by atoms with E-state index in [0.717, 1.165) is 6.39 Å². The monoisotopic (exact) mass is 627 g/mol. The second kappa shape index (κ2) is 29.2. The van der Waals surface area contributed by atoms with Crippen LogP contribution >= 0.6 is 0 Å². The van der Waals surface area contributed by atoms with Gasteiger partial charge in [0, 0.05) is 76.4 Å². The molecule has 0 fully saturated rings. The number of esters is 2. The summed E-state index contributed by atoms with van der Waals surface area (Å²) >= 11 is 0. The Balaban J connectivity index is -0.000000517. The number of carbonyl (C=O) groups excluding carboxylic acids is 2. The quantitative estimate of drug-likeness (QED) is 0.184. The van der Waals surface area contributed by atoms with E-state index in [1.54, 1.807) is 38.8 Å². The molecule has 228 valence electrons. The lowest BCUT2D eigenvalue weighted by molar-refractivity contribution is 0.0516. The molecule has 0 aliphatic carbocycles. The molecule has 0 bridgehead atoms. The molecule has 3 aromatic rings. The van der Waals surface area contributed by atoms with E-state index in [2.05, 4.69) is 25.1 Å². The Morgan fingerprint density at radius 2 is 1.10 bits per heavy atom. The molecule has 0 spiro atoms. The lowest BCUT2D eigenvalue weighted by Gasteiger charge is -2.13. The van der Waals surface area contributed by atoms with E-state index in [0.29, 0.717) is 39.8 Å². The lowest BCUT2D eigenvalue weighted by atomic mass is 8.81. The van der Waals surface area contributed by atoms with E-state index in [9.17, 15) is 14.4 Å². The van der Waals surface area contributed by atoms with Crippen molar-refractivity contribution >= 4 is 149 Å². The molecule has 0 aliphatic heterocycles. The van der Waals surface area contributed by atoms with Gasteiger partial charge in [-0.1, -0.05) is 14.1 Å². The van der Waals surface area contributed by atoms with Crippen LogP contribution < -0.4 is 0 Å². The predicted octanol–water partition coefficient (Wildman–Crippen LogP) is -7.96. The van der Waals surface area contributed by atoms with Crippen molar-refractivity contribution in [2.75, 3.05) is 13.2 Å². The number of aryl methyl sites for hydroxylation is 2. The van der Waals surface area contributed by atoms with Crippen LogP contribution in [0.2, 0.25) is 0 Å². The predicted molar refractivity (Wildman–Crippen MR) is 220 cm³/mol. The van der Waals surface area contributed by atoms with E-state index in [-0.39, 0.29) is 44.4 Å². The molecule has 0 amide bonds. The molecular weight excluding hydrogens is 591 g/mol. The second-order valence-corrected chi connectivity index (χ2v) is 8.04. The van der Waals surface area contributed by atoms with Crippen molar-refractivity contribution in [3.8, 4) is 0 Å². The van der Waals surface area contributed by atoms with Gasteiger partial charge in [-0.15, -0.1) is 21.9 Å². The van der Waals surface area contributed by atoms with E-state index in [4.69, 9.17) is 79.5 Å². The number of H-pyrrole nitrogens is 1. The number of ether oxygens (including phenoxy) is 2. The average molecular weight is 624 g/mol. The molecular formula is C18H33B18N6O6-3. The molecule has 18 radical (unpaired) electrons. The maximum Gasteiger partial charge on any atom is 0.341 e. The van der Waals surface area contributed by atoms with Crippen LogP contribution in [0, 0.1) is 0 Å². The van der Waals surface area contributed by atoms with Gasteiger partial charge in [0.05, 0.1) is 48.5 Å². The zero-order valence-electron chi connectivity index (χ0n) is 25.8. The van der Waals surface area contributed by atoms with Gasteiger partial charge in [-0.2, -0.15) is 15.3 Å². The molecule has 0 unspecified atom stereocenters. The number of carboxylic acid groups (broad SMARTS) is 1. The molecule has 3 aromatic heterocycles. The van der Waals surface area contributed by atoms with Gasteiger partial charge in [0.2, 0.25) is 0 Å². The van der Waals surface area contributed by atoms with Crippen molar-refractivity contribution in [2.24, 2.45) is 14.1 Å². The van der Waals surface area contributed by atoms with E-state index >= 15 is 0 Å². The normalized spacial score (nSPS) is 8.73. The third-order valence-electron chi connectivity index (χ3n) is 3.84. The Morgan fingerprint density at radius 3 is 1.31 bits per heavy atom. The van der Waals surface area contributed by atoms with Gasteiger partial charge < -0.3 is 14.6 Å². The first kappa shape index (κ1) is 49.6. The zero-order valence-corrected chi connectivity index (χ0v) is 25.8. The van der Waals surface area contributed by atoms with Crippen LogP contribution in [0.3, 0.4) is 0 Å². The van der Waals surface area contributed by atoms with Crippen LogP contribution in [0.1, 0.15) is 44.9 Å². The van der Waals surface area contributed by atoms with Crippen LogP contribution in [-0.4, -0.2) is 197 Å². The molecule has 0 aliphatic rings. The van der Waals surface area contributed by atoms with Crippen molar-refractivity contribution in [3.05, 3.63) is 53.9 Å². The Morgan fingerprint density at radius 1 is 0.729 bits per heavy atom. The summed E-state index contributed by atoms with van der Waals surface area (Å²) < 4.78 is 12.4. The summed E-state index contributed by atoms with van der Waals surface area (Å²) in [7, 11) is 50.7. The van der Waals surface area contributed by atoms with Gasteiger partial charge in [-0.3, -0.25) is 20.8 Å². The number of nitrogens with zero attached hydrogens (tertiary/aromatic N) is 5. The smallest absolute Gasteiger partial charge is 0.341 e. The fraction of sp³-hybridized carbons (Fsp3) is 0.333. The van der Waals surface area contributed by atoms with Gasteiger partial charge in [0.25, 0.3) is 0 Å². The minimum absolute atomic E-state index is 0.0741. The van der Waals surface area contributed by atoms with Crippen LogP contribution in [0.25, 0.3) is 0 Å². The molecule has 30 heteroatoms. The topological polar surface area (TPSA) is 154 Å². The van der Waals surface area contributed by atoms with Crippen LogP contribution in [-0.2, 0) is 23.6 Å². The van der Waals surface area contributed by atoms with Gasteiger partial charge in [0.1, 0.15) is 0 Å². The van der Waals surface area contributed by atoms with Crippen LogP contribution in [0.15, 0.2) is 37.2 Å². The Hall–Kier alpha value is -2.79. The number of hydrogen-bond donors (Lipinski definition) is 2. The number of nitrogens with one attached hydrogen (secondary N) is 1. The van der Waals surface area contributed by atoms with E-state index in [1.165, 1.54) is 35.7 Å². The number of aromatic carboxylic acids is 1.